The molecule has 0 radical (unpaired) electrons. The van der Waals surface area contributed by atoms with Crippen LogP contribution in [0.3, 0.4) is 0 Å². The first-order valence-corrected chi connectivity index (χ1v) is 8.37. The smallest absolute Gasteiger partial charge is 0.244 e. The molecular weight excluding hydrogens is 303 g/mol. The zero-order valence-corrected chi connectivity index (χ0v) is 13.5. The Kier molecular flexibility index (Phi) is 5.36. The minimum atomic E-state index is -0.259. The fourth-order valence-corrected chi connectivity index (χ4v) is 3.27. The van der Waals surface area contributed by atoms with Gasteiger partial charge in [0.05, 0.1) is 11.7 Å². The van der Waals surface area contributed by atoms with Gasteiger partial charge >= 0.3 is 0 Å². The minimum Gasteiger partial charge on any atom is -0.345 e. The Morgan fingerprint density at radius 1 is 1.17 bits per heavy atom. The molecule has 0 aliphatic heterocycles. The molecule has 1 aromatic heterocycles. The van der Waals surface area contributed by atoms with Crippen molar-refractivity contribution < 1.29 is 9.18 Å². The van der Waals surface area contributed by atoms with Gasteiger partial charge in [0.2, 0.25) is 5.91 Å². The summed E-state index contributed by atoms with van der Waals surface area (Å²) in [5, 5.41) is 3.09. The number of halogens is 1. The van der Waals surface area contributed by atoms with Crippen LogP contribution in [-0.4, -0.2) is 10.9 Å². The molecule has 0 saturated heterocycles. The molecule has 1 fully saturated rings. The highest BCUT2D eigenvalue weighted by atomic mass is 19.1. The molecule has 3 nitrogen and oxygen atoms in total. The van der Waals surface area contributed by atoms with E-state index in [0.29, 0.717) is 5.92 Å². The Morgan fingerprint density at radius 2 is 1.92 bits per heavy atom. The highest BCUT2D eigenvalue weighted by Gasteiger charge is 2.27. The molecule has 1 aliphatic rings. The van der Waals surface area contributed by atoms with Gasteiger partial charge in [0.15, 0.2) is 0 Å². The van der Waals surface area contributed by atoms with Gasteiger partial charge in [0.1, 0.15) is 5.82 Å². The number of pyridine rings is 1. The fourth-order valence-electron chi connectivity index (χ4n) is 3.27. The second kappa shape index (κ2) is 7.86. The van der Waals surface area contributed by atoms with Crippen molar-refractivity contribution in [2.75, 3.05) is 0 Å². The number of carbonyl (C=O) groups is 1. The van der Waals surface area contributed by atoms with Crippen molar-refractivity contribution in [3.63, 3.8) is 0 Å². The van der Waals surface area contributed by atoms with Crippen molar-refractivity contribution in [3.05, 3.63) is 71.8 Å². The lowest BCUT2D eigenvalue weighted by atomic mass is 9.91. The molecule has 124 valence electrons. The van der Waals surface area contributed by atoms with Crippen LogP contribution in [0.25, 0.3) is 6.08 Å². The lowest BCUT2D eigenvalue weighted by molar-refractivity contribution is -0.117. The number of nitrogens with zero attached hydrogens (tertiary/aromatic N) is 1. The quantitative estimate of drug-likeness (QED) is 0.834. The van der Waals surface area contributed by atoms with Crippen LogP contribution in [0.5, 0.6) is 0 Å². The number of rotatable bonds is 5. The summed E-state index contributed by atoms with van der Waals surface area (Å²) in [5.74, 6) is -0.00478. The standard InChI is InChI=1S/C20H21FN2O/c21-17-10-8-16(9-11-17)20(15-5-1-2-6-15)23-19(24)13-12-18-7-3-4-14-22-18/h3-4,7-15,20H,1-2,5-6H2,(H,23,24)/b13-12+. The van der Waals surface area contributed by atoms with Gasteiger partial charge in [-0.1, -0.05) is 31.0 Å². The number of carbonyl (C=O) groups excluding carboxylic acids is 1. The Morgan fingerprint density at radius 3 is 2.58 bits per heavy atom. The molecular formula is C20H21FN2O. The molecule has 4 heteroatoms. The van der Waals surface area contributed by atoms with Crippen LogP contribution in [0.15, 0.2) is 54.7 Å². The average Bonchev–Trinajstić information content (AvgIpc) is 3.14. The molecule has 1 heterocycles. The van der Waals surface area contributed by atoms with Crippen LogP contribution in [0, 0.1) is 11.7 Å². The van der Waals surface area contributed by atoms with Crippen molar-refractivity contribution >= 4 is 12.0 Å². The monoisotopic (exact) mass is 324 g/mol. The van der Waals surface area contributed by atoms with Gasteiger partial charge < -0.3 is 5.32 Å². The molecule has 1 atom stereocenters. The van der Waals surface area contributed by atoms with Crippen molar-refractivity contribution in [3.8, 4) is 0 Å². The normalized spacial score (nSPS) is 16.4. The number of benzene rings is 1. The highest BCUT2D eigenvalue weighted by molar-refractivity contribution is 5.91. The largest absolute Gasteiger partial charge is 0.345 e. The summed E-state index contributed by atoms with van der Waals surface area (Å²) >= 11 is 0. The molecule has 1 unspecified atom stereocenters. The predicted octanol–water partition coefficient (Wildman–Crippen LogP) is 4.28. The molecule has 0 spiro atoms. The molecule has 1 saturated carbocycles. The number of amides is 1. The molecule has 3 rings (SSSR count). The van der Waals surface area contributed by atoms with E-state index in [2.05, 4.69) is 10.3 Å². The van der Waals surface area contributed by atoms with Crippen molar-refractivity contribution in [1.82, 2.24) is 10.3 Å². The van der Waals surface area contributed by atoms with E-state index in [1.807, 2.05) is 18.2 Å². The SMILES string of the molecule is O=C(/C=C/c1ccccn1)NC(c1ccc(F)cc1)C1CCCC1. The van der Waals surface area contributed by atoms with Crippen LogP contribution in [0.4, 0.5) is 4.39 Å². The maximum Gasteiger partial charge on any atom is 0.244 e. The van der Waals surface area contributed by atoms with Gasteiger partial charge in [0.25, 0.3) is 0 Å². The Labute approximate surface area is 141 Å². The van der Waals surface area contributed by atoms with Crippen LogP contribution in [0.1, 0.15) is 43.0 Å². The summed E-state index contributed by atoms with van der Waals surface area (Å²) in [7, 11) is 0. The van der Waals surface area contributed by atoms with E-state index >= 15 is 0 Å². The van der Waals surface area contributed by atoms with Crippen LogP contribution < -0.4 is 5.32 Å². The molecule has 1 aromatic carbocycles. The van der Waals surface area contributed by atoms with E-state index in [9.17, 15) is 9.18 Å². The van der Waals surface area contributed by atoms with Crippen molar-refractivity contribution in [2.24, 2.45) is 5.92 Å². The van der Waals surface area contributed by atoms with E-state index in [1.54, 1.807) is 24.4 Å². The van der Waals surface area contributed by atoms with Gasteiger partial charge in [-0.15, -0.1) is 0 Å². The van der Waals surface area contributed by atoms with Gasteiger partial charge in [-0.05, 0) is 54.7 Å². The Bertz CT molecular complexity index is 691. The maximum atomic E-state index is 13.2. The number of nitrogens with one attached hydrogen (secondary N) is 1. The Hall–Kier alpha value is -2.49. The predicted molar refractivity (Wildman–Crippen MR) is 92.5 cm³/mol. The first-order valence-electron chi connectivity index (χ1n) is 8.37. The number of hydrogen-bond acceptors (Lipinski definition) is 2. The first-order chi connectivity index (χ1) is 11.7. The minimum absolute atomic E-state index is 0.0750. The second-order valence-corrected chi connectivity index (χ2v) is 6.17. The third kappa shape index (κ3) is 4.28. The third-order valence-electron chi connectivity index (χ3n) is 4.49. The van der Waals surface area contributed by atoms with E-state index < -0.39 is 0 Å². The van der Waals surface area contributed by atoms with Gasteiger partial charge in [0, 0.05) is 12.3 Å². The molecule has 1 amide bonds. The summed E-state index contributed by atoms with van der Waals surface area (Å²) in [6, 6.07) is 11.9. The second-order valence-electron chi connectivity index (χ2n) is 6.17. The molecule has 2 aromatic rings. The van der Waals surface area contributed by atoms with Crippen molar-refractivity contribution in [2.45, 2.75) is 31.7 Å². The van der Waals surface area contributed by atoms with E-state index in [4.69, 9.17) is 0 Å². The molecule has 1 aliphatic carbocycles. The van der Waals surface area contributed by atoms with E-state index in [0.717, 1.165) is 24.1 Å². The van der Waals surface area contributed by atoms with Gasteiger partial charge in [-0.3, -0.25) is 9.78 Å². The summed E-state index contributed by atoms with van der Waals surface area (Å²) in [4.78, 5) is 16.5. The first kappa shape index (κ1) is 16.4. The zero-order chi connectivity index (χ0) is 16.8. The molecule has 0 bridgehead atoms. The van der Waals surface area contributed by atoms with E-state index in [-0.39, 0.29) is 17.8 Å². The fraction of sp³-hybridized carbons (Fsp3) is 0.300. The molecule has 1 N–H and O–H groups in total. The summed E-state index contributed by atoms with van der Waals surface area (Å²) < 4.78 is 13.2. The lowest BCUT2D eigenvalue weighted by Gasteiger charge is -2.24. The van der Waals surface area contributed by atoms with Crippen LogP contribution in [0.2, 0.25) is 0 Å². The summed E-state index contributed by atoms with van der Waals surface area (Å²) in [6.45, 7) is 0. The lowest BCUT2D eigenvalue weighted by Crippen LogP contribution is -2.31. The van der Waals surface area contributed by atoms with Gasteiger partial charge in [-0.25, -0.2) is 4.39 Å². The number of aromatic nitrogens is 1. The Balaban J connectivity index is 1.72. The average molecular weight is 324 g/mol. The topological polar surface area (TPSA) is 42.0 Å². The zero-order valence-electron chi connectivity index (χ0n) is 13.5. The maximum absolute atomic E-state index is 13.2. The van der Waals surface area contributed by atoms with Crippen LogP contribution >= 0.6 is 0 Å². The third-order valence-corrected chi connectivity index (χ3v) is 4.49. The summed E-state index contributed by atoms with van der Waals surface area (Å²) in [6.07, 6.45) is 9.44. The summed E-state index contributed by atoms with van der Waals surface area (Å²) in [5.41, 5.74) is 1.70. The number of hydrogen-bond donors (Lipinski definition) is 1. The van der Waals surface area contributed by atoms with Crippen molar-refractivity contribution in [1.29, 1.82) is 0 Å². The van der Waals surface area contributed by atoms with Gasteiger partial charge in [-0.2, -0.15) is 0 Å². The van der Waals surface area contributed by atoms with E-state index in [1.165, 1.54) is 31.1 Å². The molecule has 24 heavy (non-hydrogen) atoms. The highest BCUT2D eigenvalue weighted by Crippen LogP contribution is 2.35. The van der Waals surface area contributed by atoms with Crippen LogP contribution in [-0.2, 0) is 4.79 Å².